The number of nitrogens with two attached hydrogens (primary N) is 1. The van der Waals surface area contributed by atoms with Gasteiger partial charge >= 0.3 is 0 Å². The summed E-state index contributed by atoms with van der Waals surface area (Å²) in [5, 5.41) is 0. The molecule has 1 nitrogen and oxygen atoms in total. The van der Waals surface area contributed by atoms with E-state index in [1.165, 1.54) is 36.0 Å². The number of fused-ring (bicyclic) bond motifs is 1. The summed E-state index contributed by atoms with van der Waals surface area (Å²) in [5.74, 6) is 0. The molecule has 0 spiro atoms. The second-order valence-corrected chi connectivity index (χ2v) is 5.49. The summed E-state index contributed by atoms with van der Waals surface area (Å²) in [7, 11) is 0. The van der Waals surface area contributed by atoms with Gasteiger partial charge in [-0.25, -0.2) is 0 Å². The predicted molar refractivity (Wildman–Crippen MR) is 80.5 cm³/mol. The van der Waals surface area contributed by atoms with E-state index < -0.39 is 0 Å². The van der Waals surface area contributed by atoms with Crippen molar-refractivity contribution in [1.29, 1.82) is 0 Å². The Morgan fingerprint density at radius 3 is 2.26 bits per heavy atom. The first-order valence-electron chi connectivity index (χ1n) is 7.24. The lowest BCUT2D eigenvalue weighted by Crippen LogP contribution is -2.02. The molecular weight excluding hydrogens is 230 g/mol. The zero-order valence-corrected chi connectivity index (χ0v) is 11.4. The van der Waals surface area contributed by atoms with E-state index in [4.69, 9.17) is 5.73 Å². The van der Waals surface area contributed by atoms with E-state index in [1.54, 1.807) is 11.1 Å². The monoisotopic (exact) mass is 251 g/mol. The Labute approximate surface area is 115 Å². The minimum Gasteiger partial charge on any atom is -0.330 e. The highest BCUT2D eigenvalue weighted by molar-refractivity contribution is 5.37. The van der Waals surface area contributed by atoms with Crippen molar-refractivity contribution < 1.29 is 0 Å². The summed E-state index contributed by atoms with van der Waals surface area (Å²) >= 11 is 0. The maximum atomic E-state index is 5.57. The van der Waals surface area contributed by atoms with Gasteiger partial charge in [0.2, 0.25) is 0 Å². The second-order valence-electron chi connectivity index (χ2n) is 5.49. The van der Waals surface area contributed by atoms with Crippen LogP contribution in [0, 0.1) is 0 Å². The average molecular weight is 251 g/mol. The molecule has 19 heavy (non-hydrogen) atoms. The van der Waals surface area contributed by atoms with Crippen LogP contribution in [-0.4, -0.2) is 6.54 Å². The highest BCUT2D eigenvalue weighted by Crippen LogP contribution is 2.24. The molecule has 0 radical (unpaired) electrons. The fourth-order valence-corrected chi connectivity index (χ4v) is 2.96. The van der Waals surface area contributed by atoms with Crippen LogP contribution in [0.5, 0.6) is 0 Å². The third kappa shape index (κ3) is 2.87. The maximum Gasteiger partial charge on any atom is -0.00257 e. The van der Waals surface area contributed by atoms with E-state index in [1.807, 2.05) is 0 Å². The molecule has 98 valence electrons. The maximum absolute atomic E-state index is 5.57. The summed E-state index contributed by atoms with van der Waals surface area (Å²) in [6.07, 6.45) is 5.86. The zero-order chi connectivity index (χ0) is 13.1. The standard InChI is InChI=1S/C18H21N/c19-11-10-14-4-6-15(7-5-14)12-16-8-9-17-2-1-3-18(17)13-16/h4-9,13H,1-3,10-12,19H2. The molecule has 0 saturated heterocycles. The summed E-state index contributed by atoms with van der Waals surface area (Å²) in [6.45, 7) is 0.726. The van der Waals surface area contributed by atoms with Gasteiger partial charge in [-0.3, -0.25) is 0 Å². The van der Waals surface area contributed by atoms with Crippen LogP contribution < -0.4 is 5.73 Å². The molecule has 0 atom stereocenters. The van der Waals surface area contributed by atoms with Crippen molar-refractivity contribution in [3.8, 4) is 0 Å². The summed E-state index contributed by atoms with van der Waals surface area (Å²) < 4.78 is 0. The van der Waals surface area contributed by atoms with E-state index in [9.17, 15) is 0 Å². The van der Waals surface area contributed by atoms with E-state index >= 15 is 0 Å². The molecule has 0 aromatic heterocycles. The van der Waals surface area contributed by atoms with Crippen LogP contribution in [0.4, 0.5) is 0 Å². The van der Waals surface area contributed by atoms with Crippen LogP contribution >= 0.6 is 0 Å². The van der Waals surface area contributed by atoms with E-state index in [0.717, 1.165) is 19.4 Å². The average Bonchev–Trinajstić information content (AvgIpc) is 2.89. The van der Waals surface area contributed by atoms with E-state index in [2.05, 4.69) is 42.5 Å². The predicted octanol–water partition coefficient (Wildman–Crippen LogP) is 3.27. The third-order valence-electron chi connectivity index (χ3n) is 4.03. The number of hydrogen-bond acceptors (Lipinski definition) is 1. The Morgan fingerprint density at radius 1 is 0.789 bits per heavy atom. The molecule has 2 aromatic rings. The Kier molecular flexibility index (Phi) is 3.65. The SMILES string of the molecule is NCCc1ccc(Cc2ccc3c(c2)CCC3)cc1. The van der Waals surface area contributed by atoms with Crippen molar-refractivity contribution in [3.05, 3.63) is 70.3 Å². The first-order valence-corrected chi connectivity index (χ1v) is 7.24. The van der Waals surface area contributed by atoms with Gasteiger partial charge in [0.25, 0.3) is 0 Å². The first kappa shape index (κ1) is 12.4. The number of rotatable bonds is 4. The van der Waals surface area contributed by atoms with Crippen LogP contribution in [0.15, 0.2) is 42.5 Å². The third-order valence-corrected chi connectivity index (χ3v) is 4.03. The number of aryl methyl sites for hydroxylation is 2. The van der Waals surface area contributed by atoms with Gasteiger partial charge in [0.1, 0.15) is 0 Å². The normalized spacial score (nSPS) is 13.5. The van der Waals surface area contributed by atoms with Crippen molar-refractivity contribution in [2.45, 2.75) is 32.1 Å². The lowest BCUT2D eigenvalue weighted by atomic mass is 9.99. The molecule has 0 aliphatic heterocycles. The minimum atomic E-state index is 0.726. The van der Waals surface area contributed by atoms with E-state index in [-0.39, 0.29) is 0 Å². The van der Waals surface area contributed by atoms with Crippen LogP contribution in [0.3, 0.4) is 0 Å². The van der Waals surface area contributed by atoms with Gasteiger partial charge in [-0.15, -0.1) is 0 Å². The Morgan fingerprint density at radius 2 is 1.47 bits per heavy atom. The van der Waals surface area contributed by atoms with Crippen LogP contribution in [0.2, 0.25) is 0 Å². The van der Waals surface area contributed by atoms with Crippen molar-refractivity contribution in [1.82, 2.24) is 0 Å². The summed E-state index contributed by atoms with van der Waals surface area (Å²) in [5.41, 5.74) is 12.9. The lowest BCUT2D eigenvalue weighted by molar-refractivity contribution is 0.911. The summed E-state index contributed by atoms with van der Waals surface area (Å²) in [6, 6.07) is 15.9. The summed E-state index contributed by atoms with van der Waals surface area (Å²) in [4.78, 5) is 0. The second kappa shape index (κ2) is 5.58. The highest BCUT2D eigenvalue weighted by atomic mass is 14.5. The molecule has 2 aromatic carbocycles. The van der Waals surface area contributed by atoms with Crippen molar-refractivity contribution in [2.24, 2.45) is 5.73 Å². The Balaban J connectivity index is 1.74. The first-order chi connectivity index (χ1) is 9.35. The molecular formula is C18H21N. The van der Waals surface area contributed by atoms with Crippen molar-refractivity contribution >= 4 is 0 Å². The van der Waals surface area contributed by atoms with Crippen molar-refractivity contribution in [3.63, 3.8) is 0 Å². The molecule has 1 heteroatoms. The van der Waals surface area contributed by atoms with Gasteiger partial charge in [0.05, 0.1) is 0 Å². The molecule has 0 unspecified atom stereocenters. The molecule has 0 saturated carbocycles. The fraction of sp³-hybridized carbons (Fsp3) is 0.333. The largest absolute Gasteiger partial charge is 0.330 e. The van der Waals surface area contributed by atoms with Gasteiger partial charge in [-0.05, 0) is 66.5 Å². The van der Waals surface area contributed by atoms with Crippen LogP contribution in [-0.2, 0) is 25.7 Å². The zero-order valence-electron chi connectivity index (χ0n) is 11.4. The molecule has 3 rings (SSSR count). The molecule has 1 aliphatic rings. The van der Waals surface area contributed by atoms with Gasteiger partial charge in [-0.2, -0.15) is 0 Å². The van der Waals surface area contributed by atoms with Crippen LogP contribution in [0.1, 0.15) is 34.2 Å². The molecule has 0 amide bonds. The smallest absolute Gasteiger partial charge is 0.00257 e. The molecule has 2 N–H and O–H groups in total. The number of hydrogen-bond donors (Lipinski definition) is 1. The molecule has 1 aliphatic carbocycles. The van der Waals surface area contributed by atoms with Crippen LogP contribution in [0.25, 0.3) is 0 Å². The van der Waals surface area contributed by atoms with Gasteiger partial charge < -0.3 is 5.73 Å². The molecule has 0 fully saturated rings. The topological polar surface area (TPSA) is 26.0 Å². The van der Waals surface area contributed by atoms with Gasteiger partial charge in [-0.1, -0.05) is 42.5 Å². The Bertz CT molecular complexity index is 554. The molecule has 0 bridgehead atoms. The quantitative estimate of drug-likeness (QED) is 0.886. The highest BCUT2D eigenvalue weighted by Gasteiger charge is 2.10. The van der Waals surface area contributed by atoms with Gasteiger partial charge in [0, 0.05) is 0 Å². The number of benzene rings is 2. The van der Waals surface area contributed by atoms with Gasteiger partial charge in [0.15, 0.2) is 0 Å². The lowest BCUT2D eigenvalue weighted by Gasteiger charge is -2.06. The molecule has 0 heterocycles. The minimum absolute atomic E-state index is 0.726. The Hall–Kier alpha value is -1.60. The fourth-order valence-electron chi connectivity index (χ4n) is 2.96. The van der Waals surface area contributed by atoms with E-state index in [0.29, 0.717) is 0 Å². The van der Waals surface area contributed by atoms with Crippen molar-refractivity contribution in [2.75, 3.05) is 6.54 Å².